The van der Waals surface area contributed by atoms with Gasteiger partial charge in [-0.05, 0) is 60.2 Å². The van der Waals surface area contributed by atoms with E-state index in [0.29, 0.717) is 59.9 Å². The van der Waals surface area contributed by atoms with Crippen LogP contribution in [0, 0.1) is 5.82 Å². The highest BCUT2D eigenvalue weighted by molar-refractivity contribution is 7.98. The zero-order chi connectivity index (χ0) is 28.2. The van der Waals surface area contributed by atoms with Crippen molar-refractivity contribution in [2.24, 2.45) is 0 Å². The van der Waals surface area contributed by atoms with E-state index < -0.39 is 0 Å². The van der Waals surface area contributed by atoms with Crippen LogP contribution in [0.5, 0.6) is 5.75 Å². The molecule has 0 atom stereocenters. The fourth-order valence-electron chi connectivity index (χ4n) is 4.92. The van der Waals surface area contributed by atoms with Gasteiger partial charge in [0, 0.05) is 37.5 Å². The van der Waals surface area contributed by atoms with E-state index in [4.69, 9.17) is 9.15 Å². The molecule has 1 saturated heterocycles. The third-order valence-corrected chi connectivity index (χ3v) is 8.05. The summed E-state index contributed by atoms with van der Waals surface area (Å²) in [6, 6.07) is 25.7. The van der Waals surface area contributed by atoms with Crippen molar-refractivity contribution in [1.29, 1.82) is 0 Å². The summed E-state index contributed by atoms with van der Waals surface area (Å²) in [5.74, 6) is 2.18. The number of benzene rings is 3. The maximum Gasteiger partial charge on any atom is 0.254 e. The predicted octanol–water partition coefficient (Wildman–Crippen LogP) is 5.93. The monoisotopic (exact) mass is 569 g/mol. The molecule has 6 rings (SSSR count). The van der Waals surface area contributed by atoms with Crippen LogP contribution in [-0.2, 0) is 5.75 Å². The van der Waals surface area contributed by atoms with E-state index in [1.807, 2.05) is 81.1 Å². The summed E-state index contributed by atoms with van der Waals surface area (Å²) in [5.41, 5.74) is 3.00. The van der Waals surface area contributed by atoms with E-state index in [-0.39, 0.29) is 11.7 Å². The Morgan fingerprint density at radius 2 is 1.68 bits per heavy atom. The molecule has 1 aliphatic rings. The molecule has 0 aliphatic carbocycles. The number of hydrogen-bond donors (Lipinski definition) is 0. The molecular formula is C31H28FN5O3S. The number of halogens is 1. The van der Waals surface area contributed by atoms with Gasteiger partial charge in [0.2, 0.25) is 5.82 Å². The largest absolute Gasteiger partial charge is 0.497 e. The molecule has 41 heavy (non-hydrogen) atoms. The van der Waals surface area contributed by atoms with Crippen molar-refractivity contribution in [3.05, 3.63) is 108 Å². The molecule has 3 heterocycles. The second-order valence-electron chi connectivity index (χ2n) is 9.49. The number of nitrogens with zero attached hydrogens (tertiary/aromatic N) is 5. The van der Waals surface area contributed by atoms with Crippen molar-refractivity contribution in [3.63, 3.8) is 0 Å². The van der Waals surface area contributed by atoms with Crippen LogP contribution in [0.15, 0.2) is 101 Å². The quantitative estimate of drug-likeness (QED) is 0.215. The van der Waals surface area contributed by atoms with Crippen molar-refractivity contribution < 1.29 is 18.3 Å². The minimum absolute atomic E-state index is 0.0257. The fourth-order valence-corrected chi connectivity index (χ4v) is 5.87. The maximum absolute atomic E-state index is 14.3. The van der Waals surface area contributed by atoms with Gasteiger partial charge in [-0.15, -0.1) is 10.2 Å². The molecular weight excluding hydrogens is 541 g/mol. The molecule has 2 aromatic heterocycles. The van der Waals surface area contributed by atoms with Gasteiger partial charge in [-0.25, -0.2) is 4.39 Å². The molecule has 0 spiro atoms. The van der Waals surface area contributed by atoms with E-state index in [2.05, 4.69) is 10.2 Å². The molecule has 1 amide bonds. The van der Waals surface area contributed by atoms with E-state index >= 15 is 0 Å². The summed E-state index contributed by atoms with van der Waals surface area (Å²) in [7, 11) is 1.63. The molecule has 208 valence electrons. The van der Waals surface area contributed by atoms with Gasteiger partial charge in [-0.1, -0.05) is 42.1 Å². The normalized spacial score (nSPS) is 13.4. The average Bonchev–Trinajstić information content (AvgIpc) is 3.71. The molecule has 10 heteroatoms. The first-order valence-corrected chi connectivity index (χ1v) is 14.2. The van der Waals surface area contributed by atoms with E-state index in [9.17, 15) is 9.18 Å². The SMILES string of the molecule is COc1ccc(-n2c(SCc3ccccc3C(=O)N3CCN(c4ccccc4F)CC3)nnc2-c2ccco2)cc1. The Hall–Kier alpha value is -4.57. The van der Waals surface area contributed by atoms with Crippen LogP contribution in [0.2, 0.25) is 0 Å². The lowest BCUT2D eigenvalue weighted by Gasteiger charge is -2.36. The smallest absolute Gasteiger partial charge is 0.254 e. The van der Waals surface area contributed by atoms with Crippen molar-refractivity contribution in [2.45, 2.75) is 10.9 Å². The van der Waals surface area contributed by atoms with Gasteiger partial charge in [0.15, 0.2) is 10.9 Å². The van der Waals surface area contributed by atoms with E-state index in [0.717, 1.165) is 17.0 Å². The highest BCUT2D eigenvalue weighted by Crippen LogP contribution is 2.32. The predicted molar refractivity (Wildman–Crippen MR) is 156 cm³/mol. The van der Waals surface area contributed by atoms with Gasteiger partial charge in [-0.2, -0.15) is 0 Å². The number of methoxy groups -OCH3 is 1. The van der Waals surface area contributed by atoms with Crippen molar-refractivity contribution in [3.8, 4) is 23.0 Å². The van der Waals surface area contributed by atoms with Crippen molar-refractivity contribution in [2.75, 3.05) is 38.2 Å². The number of ether oxygens (including phenoxy) is 1. The van der Waals surface area contributed by atoms with E-state index in [1.54, 1.807) is 25.5 Å². The molecule has 0 saturated carbocycles. The summed E-state index contributed by atoms with van der Waals surface area (Å²) in [4.78, 5) is 17.4. The molecule has 1 fully saturated rings. The second kappa shape index (κ2) is 11.9. The summed E-state index contributed by atoms with van der Waals surface area (Å²) in [5, 5.41) is 9.56. The number of furan rings is 1. The standard InChI is InChI=1S/C31H28FN5O3S/c1-39-24-14-12-23(13-15-24)37-29(28-11-6-20-40-28)33-34-31(37)41-21-22-7-2-3-8-25(22)30(38)36-18-16-35(17-19-36)27-10-5-4-9-26(27)32/h2-15,20H,16-19,21H2,1H3. The maximum atomic E-state index is 14.3. The average molecular weight is 570 g/mol. The molecule has 0 unspecified atom stereocenters. The summed E-state index contributed by atoms with van der Waals surface area (Å²) < 4.78 is 27.2. The van der Waals surface area contributed by atoms with Gasteiger partial charge < -0.3 is 19.0 Å². The number of amides is 1. The minimum Gasteiger partial charge on any atom is -0.497 e. The van der Waals surface area contributed by atoms with Gasteiger partial charge in [-0.3, -0.25) is 9.36 Å². The van der Waals surface area contributed by atoms with Gasteiger partial charge in [0.1, 0.15) is 11.6 Å². The van der Waals surface area contributed by atoms with Gasteiger partial charge >= 0.3 is 0 Å². The number of thioether (sulfide) groups is 1. The van der Waals surface area contributed by atoms with Crippen LogP contribution < -0.4 is 9.64 Å². The van der Waals surface area contributed by atoms with Gasteiger partial charge in [0.25, 0.3) is 5.91 Å². The molecule has 3 aromatic carbocycles. The highest BCUT2D eigenvalue weighted by atomic mass is 32.2. The lowest BCUT2D eigenvalue weighted by Crippen LogP contribution is -2.49. The van der Waals surface area contributed by atoms with Crippen LogP contribution in [-0.4, -0.2) is 58.9 Å². The zero-order valence-electron chi connectivity index (χ0n) is 22.4. The molecule has 0 bridgehead atoms. The number of anilines is 1. The Morgan fingerprint density at radius 3 is 2.41 bits per heavy atom. The fraction of sp³-hybridized carbons (Fsp3) is 0.194. The Kier molecular flexibility index (Phi) is 7.73. The Morgan fingerprint density at radius 1 is 0.927 bits per heavy atom. The zero-order valence-corrected chi connectivity index (χ0v) is 23.3. The van der Waals surface area contributed by atoms with Crippen LogP contribution in [0.3, 0.4) is 0 Å². The minimum atomic E-state index is -0.243. The number of aromatic nitrogens is 3. The van der Waals surface area contributed by atoms with Gasteiger partial charge in [0.05, 0.1) is 24.7 Å². The van der Waals surface area contributed by atoms with Crippen LogP contribution >= 0.6 is 11.8 Å². The number of para-hydroxylation sites is 1. The van der Waals surface area contributed by atoms with Crippen LogP contribution in [0.25, 0.3) is 17.3 Å². The van der Waals surface area contributed by atoms with Crippen molar-refractivity contribution >= 4 is 23.4 Å². The lowest BCUT2D eigenvalue weighted by atomic mass is 10.1. The molecule has 8 nitrogen and oxygen atoms in total. The molecule has 0 N–H and O–H groups in total. The van der Waals surface area contributed by atoms with Crippen LogP contribution in [0.4, 0.5) is 10.1 Å². The second-order valence-corrected chi connectivity index (χ2v) is 10.4. The summed E-state index contributed by atoms with van der Waals surface area (Å²) in [6.07, 6.45) is 1.60. The number of carbonyl (C=O) groups excluding carboxylic acids is 1. The lowest BCUT2D eigenvalue weighted by molar-refractivity contribution is 0.0746. The molecule has 5 aromatic rings. The first-order chi connectivity index (χ1) is 20.1. The first-order valence-electron chi connectivity index (χ1n) is 13.3. The highest BCUT2D eigenvalue weighted by Gasteiger charge is 2.25. The Labute approximate surface area is 241 Å². The number of rotatable bonds is 8. The van der Waals surface area contributed by atoms with Crippen LogP contribution in [0.1, 0.15) is 15.9 Å². The molecule has 1 aliphatic heterocycles. The summed E-state index contributed by atoms with van der Waals surface area (Å²) >= 11 is 1.50. The number of carbonyl (C=O) groups is 1. The number of hydrogen-bond acceptors (Lipinski definition) is 7. The Bertz CT molecular complexity index is 1630. The Balaban J connectivity index is 1.20. The molecule has 0 radical (unpaired) electrons. The number of piperazine rings is 1. The summed E-state index contributed by atoms with van der Waals surface area (Å²) in [6.45, 7) is 2.19. The third kappa shape index (κ3) is 5.55. The third-order valence-electron chi connectivity index (χ3n) is 7.07. The topological polar surface area (TPSA) is 76.6 Å². The first kappa shape index (κ1) is 26.6. The van der Waals surface area contributed by atoms with Crippen molar-refractivity contribution in [1.82, 2.24) is 19.7 Å². The van der Waals surface area contributed by atoms with E-state index in [1.165, 1.54) is 17.8 Å².